The van der Waals surface area contributed by atoms with Gasteiger partial charge in [-0.3, -0.25) is 5.41 Å². The average molecular weight is 259 g/mol. The van der Waals surface area contributed by atoms with Gasteiger partial charge in [-0.15, -0.1) is 0 Å². The van der Waals surface area contributed by atoms with E-state index in [1.165, 1.54) is 0 Å². The zero-order valence-corrected chi connectivity index (χ0v) is 10.5. The minimum atomic E-state index is -0.769. The lowest BCUT2D eigenvalue weighted by atomic mass is 10.3. The van der Waals surface area contributed by atoms with Gasteiger partial charge in [0.2, 0.25) is 5.17 Å². The average Bonchev–Trinajstić information content (AvgIpc) is 2.31. The number of methoxy groups -OCH3 is 1. The highest BCUT2D eigenvalue weighted by Gasteiger charge is 2.03. The maximum absolute atomic E-state index is 10.2. The standard InChI is InChI=1S/C7H9NO.C4H6ClNO2/c1-9-7-4-2-6(8)3-5-7;1-2-8-4(7)3(5)6/h2-5H,8H2,1H3;6H,2H2,1H3. The van der Waals surface area contributed by atoms with Crippen molar-refractivity contribution in [3.63, 3.8) is 0 Å². The number of rotatable bonds is 3. The first-order valence-electron chi connectivity index (χ1n) is 4.82. The predicted molar refractivity (Wildman–Crippen MR) is 67.6 cm³/mol. The summed E-state index contributed by atoms with van der Waals surface area (Å²) in [6.07, 6.45) is 0. The van der Waals surface area contributed by atoms with Crippen molar-refractivity contribution in [2.24, 2.45) is 0 Å². The Kier molecular flexibility index (Phi) is 7.54. The van der Waals surface area contributed by atoms with Gasteiger partial charge in [0.25, 0.3) is 0 Å². The van der Waals surface area contributed by atoms with E-state index in [1.54, 1.807) is 26.2 Å². The van der Waals surface area contributed by atoms with Crippen molar-refractivity contribution in [3.8, 4) is 5.75 Å². The van der Waals surface area contributed by atoms with Crippen molar-refractivity contribution in [1.82, 2.24) is 0 Å². The van der Waals surface area contributed by atoms with Crippen LogP contribution in [0.25, 0.3) is 0 Å². The van der Waals surface area contributed by atoms with Gasteiger partial charge in [0.15, 0.2) is 0 Å². The number of hydrogen-bond donors (Lipinski definition) is 2. The second kappa shape index (κ2) is 8.41. The van der Waals surface area contributed by atoms with Crippen LogP contribution in [0.15, 0.2) is 24.3 Å². The van der Waals surface area contributed by atoms with Crippen LogP contribution in [0.4, 0.5) is 5.69 Å². The van der Waals surface area contributed by atoms with E-state index in [0.717, 1.165) is 11.4 Å². The van der Waals surface area contributed by atoms with E-state index in [0.29, 0.717) is 0 Å². The quantitative estimate of drug-likeness (QED) is 0.494. The van der Waals surface area contributed by atoms with Crippen molar-refractivity contribution in [3.05, 3.63) is 24.3 Å². The number of carbonyl (C=O) groups excluding carboxylic acids is 1. The second-order valence-electron chi connectivity index (χ2n) is 2.81. The highest BCUT2D eigenvalue weighted by atomic mass is 35.5. The third-order valence-electron chi connectivity index (χ3n) is 1.57. The molecular weight excluding hydrogens is 244 g/mol. The Morgan fingerprint density at radius 1 is 1.41 bits per heavy atom. The van der Waals surface area contributed by atoms with E-state index in [4.69, 9.17) is 27.5 Å². The first-order chi connectivity index (χ1) is 8.01. The number of esters is 1. The minimum Gasteiger partial charge on any atom is -0.497 e. The Hall–Kier alpha value is -1.75. The van der Waals surface area contributed by atoms with Crippen LogP contribution in [0, 0.1) is 5.41 Å². The van der Waals surface area contributed by atoms with Crippen molar-refractivity contribution < 1.29 is 14.3 Å². The zero-order valence-electron chi connectivity index (χ0n) is 9.70. The van der Waals surface area contributed by atoms with Crippen LogP contribution < -0.4 is 10.5 Å². The van der Waals surface area contributed by atoms with Gasteiger partial charge < -0.3 is 15.2 Å². The zero-order chi connectivity index (χ0) is 13.3. The molecule has 94 valence electrons. The molecule has 0 aromatic heterocycles. The van der Waals surface area contributed by atoms with Gasteiger partial charge in [-0.25, -0.2) is 4.79 Å². The van der Waals surface area contributed by atoms with Crippen LogP contribution >= 0.6 is 11.6 Å². The Balaban J connectivity index is 0.000000304. The number of anilines is 1. The lowest BCUT2D eigenvalue weighted by Crippen LogP contribution is -2.10. The third-order valence-corrected chi connectivity index (χ3v) is 1.72. The van der Waals surface area contributed by atoms with Gasteiger partial charge in [0, 0.05) is 5.69 Å². The van der Waals surface area contributed by atoms with Crippen LogP contribution in [-0.2, 0) is 9.53 Å². The highest BCUT2D eigenvalue weighted by molar-refractivity contribution is 6.81. The molecule has 0 radical (unpaired) electrons. The summed E-state index contributed by atoms with van der Waals surface area (Å²) in [5.74, 6) is 0.0679. The molecule has 1 aromatic rings. The molecule has 0 aliphatic carbocycles. The fourth-order valence-electron chi connectivity index (χ4n) is 0.798. The number of hydrogen-bond acceptors (Lipinski definition) is 5. The van der Waals surface area contributed by atoms with E-state index in [2.05, 4.69) is 4.74 Å². The van der Waals surface area contributed by atoms with E-state index >= 15 is 0 Å². The van der Waals surface area contributed by atoms with Gasteiger partial charge in [0.05, 0.1) is 13.7 Å². The molecule has 0 unspecified atom stereocenters. The summed E-state index contributed by atoms with van der Waals surface area (Å²) in [6.45, 7) is 1.91. The van der Waals surface area contributed by atoms with Crippen LogP contribution in [0.3, 0.4) is 0 Å². The Morgan fingerprint density at radius 3 is 2.24 bits per heavy atom. The normalized spacial score (nSPS) is 8.65. The van der Waals surface area contributed by atoms with E-state index in [-0.39, 0.29) is 6.61 Å². The number of carbonyl (C=O) groups is 1. The Bertz CT molecular complexity index is 365. The number of nitrogen functional groups attached to an aromatic ring is 1. The Morgan fingerprint density at radius 2 is 1.94 bits per heavy atom. The van der Waals surface area contributed by atoms with E-state index in [9.17, 15) is 4.79 Å². The predicted octanol–water partition coefficient (Wildman–Crippen LogP) is 2.04. The van der Waals surface area contributed by atoms with Crippen molar-refractivity contribution in [2.75, 3.05) is 19.5 Å². The maximum Gasteiger partial charge on any atom is 0.368 e. The van der Waals surface area contributed by atoms with Gasteiger partial charge in [0.1, 0.15) is 5.75 Å². The molecule has 0 saturated carbocycles. The summed E-state index contributed by atoms with van der Waals surface area (Å²) in [5, 5.41) is 5.92. The maximum atomic E-state index is 10.2. The fourth-order valence-corrected chi connectivity index (χ4v) is 0.853. The summed E-state index contributed by atoms with van der Waals surface area (Å²) in [7, 11) is 1.63. The van der Waals surface area contributed by atoms with E-state index < -0.39 is 11.1 Å². The van der Waals surface area contributed by atoms with Gasteiger partial charge in [-0.05, 0) is 31.2 Å². The molecule has 0 bridgehead atoms. The van der Waals surface area contributed by atoms with E-state index in [1.807, 2.05) is 12.1 Å². The Labute approximate surface area is 105 Å². The SMILES string of the molecule is CCOC(=O)C(=N)Cl.COc1ccc(N)cc1. The summed E-state index contributed by atoms with van der Waals surface area (Å²) < 4.78 is 9.22. The molecule has 0 atom stereocenters. The monoisotopic (exact) mass is 258 g/mol. The lowest BCUT2D eigenvalue weighted by Gasteiger charge is -1.97. The third kappa shape index (κ3) is 7.19. The van der Waals surface area contributed by atoms with Crippen LogP contribution in [0.2, 0.25) is 0 Å². The van der Waals surface area contributed by atoms with Crippen molar-refractivity contribution >= 4 is 28.4 Å². The summed E-state index contributed by atoms with van der Waals surface area (Å²) in [6, 6.07) is 7.27. The molecule has 0 amide bonds. The summed E-state index contributed by atoms with van der Waals surface area (Å²) >= 11 is 4.92. The molecule has 5 nitrogen and oxygen atoms in total. The first kappa shape index (κ1) is 15.2. The molecule has 0 aliphatic heterocycles. The highest BCUT2D eigenvalue weighted by Crippen LogP contribution is 2.11. The molecule has 17 heavy (non-hydrogen) atoms. The van der Waals surface area contributed by atoms with Crippen LogP contribution in [0.1, 0.15) is 6.92 Å². The van der Waals surface area contributed by atoms with Crippen molar-refractivity contribution in [2.45, 2.75) is 6.92 Å². The molecule has 0 heterocycles. The van der Waals surface area contributed by atoms with Gasteiger partial charge >= 0.3 is 5.97 Å². The lowest BCUT2D eigenvalue weighted by molar-refractivity contribution is -0.134. The number of benzene rings is 1. The summed E-state index contributed by atoms with van der Waals surface area (Å²) in [4.78, 5) is 10.2. The molecule has 0 fully saturated rings. The van der Waals surface area contributed by atoms with Gasteiger partial charge in [-0.1, -0.05) is 11.6 Å². The van der Waals surface area contributed by atoms with Crippen molar-refractivity contribution in [1.29, 1.82) is 5.41 Å². The molecule has 0 spiro atoms. The van der Waals surface area contributed by atoms with Crippen LogP contribution in [0.5, 0.6) is 5.75 Å². The molecule has 0 saturated heterocycles. The molecule has 1 rings (SSSR count). The number of halogens is 1. The smallest absolute Gasteiger partial charge is 0.368 e. The largest absolute Gasteiger partial charge is 0.497 e. The molecule has 1 aromatic carbocycles. The number of nitrogens with two attached hydrogens (primary N) is 1. The molecule has 0 aliphatic rings. The summed E-state index contributed by atoms with van der Waals surface area (Å²) in [5.41, 5.74) is 6.19. The number of nitrogens with one attached hydrogen (secondary N) is 1. The fraction of sp³-hybridized carbons (Fsp3) is 0.273. The second-order valence-corrected chi connectivity index (χ2v) is 3.19. The molecule has 3 N–H and O–H groups in total. The van der Waals surface area contributed by atoms with Crippen LogP contribution in [-0.4, -0.2) is 24.9 Å². The van der Waals surface area contributed by atoms with Gasteiger partial charge in [-0.2, -0.15) is 0 Å². The first-order valence-corrected chi connectivity index (χ1v) is 5.19. The number of ether oxygens (including phenoxy) is 2. The molecular formula is C11H15ClN2O3. The molecule has 6 heteroatoms. The topological polar surface area (TPSA) is 85.4 Å². The minimum absolute atomic E-state index is 0.258.